The van der Waals surface area contributed by atoms with Gasteiger partial charge < -0.3 is 10.3 Å². The maximum atomic E-state index is 11.9. The Bertz CT molecular complexity index is 929. The SMILES string of the molecule is CCc1nc(C(C)Nc2ccc(-c3nc(C)c(C)c(=O)[nH]3)cn2)cs1. The van der Waals surface area contributed by atoms with E-state index in [0.29, 0.717) is 11.4 Å². The number of aryl methyl sites for hydroxylation is 2. The average Bonchev–Trinajstić information content (AvgIpc) is 3.09. The summed E-state index contributed by atoms with van der Waals surface area (Å²) in [7, 11) is 0. The zero-order valence-electron chi connectivity index (χ0n) is 14.8. The van der Waals surface area contributed by atoms with Crippen molar-refractivity contribution in [2.45, 2.75) is 40.2 Å². The van der Waals surface area contributed by atoms with Crippen molar-refractivity contribution in [2.24, 2.45) is 0 Å². The molecule has 0 radical (unpaired) electrons. The summed E-state index contributed by atoms with van der Waals surface area (Å²) in [6.45, 7) is 7.76. The number of aromatic amines is 1. The van der Waals surface area contributed by atoms with Crippen LogP contribution in [0.1, 0.15) is 41.8 Å². The average molecular weight is 355 g/mol. The van der Waals surface area contributed by atoms with Crippen molar-refractivity contribution >= 4 is 17.2 Å². The quantitative estimate of drug-likeness (QED) is 0.730. The maximum absolute atomic E-state index is 11.9. The van der Waals surface area contributed by atoms with Gasteiger partial charge >= 0.3 is 0 Å². The van der Waals surface area contributed by atoms with Crippen LogP contribution in [0.5, 0.6) is 0 Å². The molecule has 0 spiro atoms. The molecule has 0 aliphatic heterocycles. The van der Waals surface area contributed by atoms with Crippen LogP contribution in [0, 0.1) is 13.8 Å². The van der Waals surface area contributed by atoms with Crippen molar-refractivity contribution in [1.29, 1.82) is 0 Å². The Morgan fingerprint density at radius 2 is 2.08 bits per heavy atom. The van der Waals surface area contributed by atoms with Gasteiger partial charge in [0, 0.05) is 28.4 Å². The molecule has 7 heteroatoms. The van der Waals surface area contributed by atoms with Crippen LogP contribution in [0.4, 0.5) is 5.82 Å². The van der Waals surface area contributed by atoms with Crippen LogP contribution < -0.4 is 10.9 Å². The summed E-state index contributed by atoms with van der Waals surface area (Å²) < 4.78 is 0. The molecule has 3 heterocycles. The number of nitrogens with one attached hydrogen (secondary N) is 2. The van der Waals surface area contributed by atoms with Gasteiger partial charge in [-0.15, -0.1) is 11.3 Å². The molecule has 3 aromatic heterocycles. The number of thiazole rings is 1. The predicted octanol–water partition coefficient (Wildman–Crippen LogP) is 3.64. The number of hydrogen-bond donors (Lipinski definition) is 2. The highest BCUT2D eigenvalue weighted by atomic mass is 32.1. The van der Waals surface area contributed by atoms with Gasteiger partial charge in [-0.1, -0.05) is 6.92 Å². The van der Waals surface area contributed by atoms with Gasteiger partial charge in [0.25, 0.3) is 5.56 Å². The molecule has 0 bridgehead atoms. The number of hydrogen-bond acceptors (Lipinski definition) is 6. The highest BCUT2D eigenvalue weighted by Crippen LogP contribution is 2.22. The highest BCUT2D eigenvalue weighted by molar-refractivity contribution is 7.09. The molecule has 1 unspecified atom stereocenters. The minimum Gasteiger partial charge on any atom is -0.362 e. The number of H-pyrrole nitrogens is 1. The lowest BCUT2D eigenvalue weighted by atomic mass is 10.2. The van der Waals surface area contributed by atoms with Gasteiger partial charge in [-0.25, -0.2) is 15.0 Å². The molecule has 0 amide bonds. The molecular weight excluding hydrogens is 334 g/mol. The van der Waals surface area contributed by atoms with E-state index in [0.717, 1.165) is 34.2 Å². The molecule has 130 valence electrons. The number of anilines is 1. The van der Waals surface area contributed by atoms with Crippen molar-refractivity contribution in [2.75, 3.05) is 5.32 Å². The molecule has 0 saturated heterocycles. The van der Waals surface area contributed by atoms with Gasteiger partial charge in [-0.05, 0) is 39.3 Å². The van der Waals surface area contributed by atoms with E-state index in [1.54, 1.807) is 24.5 Å². The van der Waals surface area contributed by atoms with Crippen LogP contribution in [0.15, 0.2) is 28.5 Å². The summed E-state index contributed by atoms with van der Waals surface area (Å²) >= 11 is 1.68. The third-order valence-corrected chi connectivity index (χ3v) is 5.12. The zero-order valence-corrected chi connectivity index (χ0v) is 15.6. The molecule has 0 fully saturated rings. The summed E-state index contributed by atoms with van der Waals surface area (Å²) in [6, 6.07) is 3.86. The summed E-state index contributed by atoms with van der Waals surface area (Å²) in [5, 5.41) is 6.56. The van der Waals surface area contributed by atoms with Crippen molar-refractivity contribution in [3.63, 3.8) is 0 Å². The first-order chi connectivity index (χ1) is 12.0. The Kier molecular flexibility index (Phi) is 4.94. The summed E-state index contributed by atoms with van der Waals surface area (Å²) in [5.74, 6) is 1.29. The Morgan fingerprint density at radius 1 is 1.28 bits per heavy atom. The molecule has 6 nitrogen and oxygen atoms in total. The summed E-state index contributed by atoms with van der Waals surface area (Å²) in [6.07, 6.45) is 2.66. The van der Waals surface area contributed by atoms with Crippen LogP contribution in [0.2, 0.25) is 0 Å². The molecule has 0 saturated carbocycles. The first-order valence-corrected chi connectivity index (χ1v) is 9.10. The summed E-state index contributed by atoms with van der Waals surface area (Å²) in [5.41, 5.74) is 3.05. The smallest absolute Gasteiger partial charge is 0.254 e. The van der Waals surface area contributed by atoms with E-state index in [2.05, 4.69) is 44.5 Å². The Morgan fingerprint density at radius 3 is 2.68 bits per heavy atom. The third-order valence-electron chi connectivity index (χ3n) is 4.11. The van der Waals surface area contributed by atoms with Crippen LogP contribution in [-0.4, -0.2) is 19.9 Å². The second-order valence-corrected chi connectivity index (χ2v) is 6.89. The molecule has 1 atom stereocenters. The van der Waals surface area contributed by atoms with Crippen molar-refractivity contribution in [3.8, 4) is 11.4 Å². The third kappa shape index (κ3) is 3.76. The van der Waals surface area contributed by atoms with Crippen molar-refractivity contribution in [1.82, 2.24) is 19.9 Å². The van der Waals surface area contributed by atoms with Crippen LogP contribution in [-0.2, 0) is 6.42 Å². The maximum Gasteiger partial charge on any atom is 0.254 e. The number of aromatic nitrogens is 4. The van der Waals surface area contributed by atoms with Crippen LogP contribution in [0.3, 0.4) is 0 Å². The van der Waals surface area contributed by atoms with Gasteiger partial charge in [0.15, 0.2) is 0 Å². The molecule has 3 rings (SSSR count). The Labute approximate surface area is 150 Å². The summed E-state index contributed by atoms with van der Waals surface area (Å²) in [4.78, 5) is 28.1. The first-order valence-electron chi connectivity index (χ1n) is 8.22. The van der Waals surface area contributed by atoms with Gasteiger partial charge in [-0.2, -0.15) is 0 Å². The molecule has 0 aliphatic carbocycles. The Balaban J connectivity index is 1.77. The predicted molar refractivity (Wildman–Crippen MR) is 101 cm³/mol. The van der Waals surface area contributed by atoms with E-state index in [9.17, 15) is 4.79 Å². The van der Waals surface area contributed by atoms with E-state index in [-0.39, 0.29) is 11.6 Å². The number of nitrogens with zero attached hydrogens (tertiary/aromatic N) is 3. The minimum atomic E-state index is -0.117. The van der Waals surface area contributed by atoms with Crippen molar-refractivity contribution in [3.05, 3.63) is 56.0 Å². The monoisotopic (exact) mass is 355 g/mol. The highest BCUT2D eigenvalue weighted by Gasteiger charge is 2.11. The number of rotatable bonds is 5. The molecule has 2 N–H and O–H groups in total. The van der Waals surface area contributed by atoms with E-state index in [4.69, 9.17) is 0 Å². The van der Waals surface area contributed by atoms with Gasteiger partial charge in [0.05, 0.1) is 16.7 Å². The normalized spacial score (nSPS) is 12.2. The molecule has 25 heavy (non-hydrogen) atoms. The van der Waals surface area contributed by atoms with E-state index < -0.39 is 0 Å². The molecule has 3 aromatic rings. The first kappa shape index (κ1) is 17.3. The van der Waals surface area contributed by atoms with E-state index in [1.807, 2.05) is 19.1 Å². The fourth-order valence-corrected chi connectivity index (χ4v) is 3.22. The largest absolute Gasteiger partial charge is 0.362 e. The Hall–Kier alpha value is -2.54. The van der Waals surface area contributed by atoms with Crippen molar-refractivity contribution < 1.29 is 0 Å². The van der Waals surface area contributed by atoms with Gasteiger partial charge in [0.1, 0.15) is 11.6 Å². The van der Waals surface area contributed by atoms with E-state index >= 15 is 0 Å². The lowest BCUT2D eigenvalue weighted by Gasteiger charge is -2.12. The minimum absolute atomic E-state index is 0.0782. The number of pyridine rings is 1. The molecular formula is C18H21N5OS. The zero-order chi connectivity index (χ0) is 18.0. The topological polar surface area (TPSA) is 83.6 Å². The lowest BCUT2D eigenvalue weighted by Crippen LogP contribution is -2.14. The van der Waals surface area contributed by atoms with Gasteiger partial charge in [-0.3, -0.25) is 4.79 Å². The fourth-order valence-electron chi connectivity index (χ4n) is 2.38. The molecule has 0 aromatic carbocycles. The van der Waals surface area contributed by atoms with E-state index in [1.165, 1.54) is 0 Å². The van der Waals surface area contributed by atoms with Crippen LogP contribution >= 0.6 is 11.3 Å². The molecule has 0 aliphatic rings. The second-order valence-electron chi connectivity index (χ2n) is 5.94. The lowest BCUT2D eigenvalue weighted by molar-refractivity contribution is 0.832. The standard InChI is InChI=1S/C18H21N5OS/c1-5-16-22-14(9-25-16)12(4)20-15-7-6-13(8-19-15)17-21-11(3)10(2)18(24)23-17/h6-9,12H,5H2,1-4H3,(H,19,20)(H,21,23,24). The fraction of sp³-hybridized carbons (Fsp3) is 0.333. The van der Waals surface area contributed by atoms with Gasteiger partial charge in [0.2, 0.25) is 0 Å². The second kappa shape index (κ2) is 7.14. The van der Waals surface area contributed by atoms with Crippen LogP contribution in [0.25, 0.3) is 11.4 Å².